The van der Waals surface area contributed by atoms with E-state index in [2.05, 4.69) is 20.7 Å². The molecular formula is C21H19F3N6O2. The molecule has 0 saturated carbocycles. The van der Waals surface area contributed by atoms with Gasteiger partial charge in [-0.3, -0.25) is 9.59 Å². The summed E-state index contributed by atoms with van der Waals surface area (Å²) in [5, 5.41) is 18.1. The SMILES string of the molecule is CC(=O)Nc1ccc(C(F)(F)F)cc1NC(=O)CCc1c(C)nc2c(C#N)cnn2c1C. The molecule has 2 aromatic heterocycles. The van der Waals surface area contributed by atoms with Gasteiger partial charge in [0.2, 0.25) is 11.8 Å². The van der Waals surface area contributed by atoms with Gasteiger partial charge in [0.15, 0.2) is 5.65 Å². The molecule has 0 radical (unpaired) electrons. The normalized spacial score (nSPS) is 11.3. The van der Waals surface area contributed by atoms with Crippen molar-refractivity contribution in [2.75, 3.05) is 10.6 Å². The summed E-state index contributed by atoms with van der Waals surface area (Å²) in [7, 11) is 0. The van der Waals surface area contributed by atoms with Gasteiger partial charge in [-0.25, -0.2) is 9.50 Å². The maximum absolute atomic E-state index is 13.1. The van der Waals surface area contributed by atoms with Crippen molar-refractivity contribution in [2.24, 2.45) is 0 Å². The Morgan fingerprint density at radius 1 is 1.19 bits per heavy atom. The molecule has 0 spiro atoms. The van der Waals surface area contributed by atoms with Gasteiger partial charge in [0.1, 0.15) is 11.6 Å². The zero-order chi connectivity index (χ0) is 23.6. The van der Waals surface area contributed by atoms with Crippen molar-refractivity contribution in [2.45, 2.75) is 39.8 Å². The Morgan fingerprint density at radius 3 is 2.53 bits per heavy atom. The molecule has 0 aliphatic heterocycles. The molecular weight excluding hydrogens is 425 g/mol. The van der Waals surface area contributed by atoms with Gasteiger partial charge in [0.25, 0.3) is 0 Å². The van der Waals surface area contributed by atoms with E-state index in [-0.39, 0.29) is 24.2 Å². The van der Waals surface area contributed by atoms with Crippen LogP contribution in [0.1, 0.15) is 41.4 Å². The molecule has 0 atom stereocenters. The number of aromatic nitrogens is 3. The molecule has 3 aromatic rings. The van der Waals surface area contributed by atoms with Gasteiger partial charge in [-0.1, -0.05) is 0 Å². The number of halogens is 3. The van der Waals surface area contributed by atoms with Crippen LogP contribution in [0.4, 0.5) is 24.5 Å². The highest BCUT2D eigenvalue weighted by atomic mass is 19.4. The minimum atomic E-state index is -4.60. The summed E-state index contributed by atoms with van der Waals surface area (Å²) in [5.41, 5.74) is 1.79. The zero-order valence-corrected chi connectivity index (χ0v) is 17.5. The third-order valence-corrected chi connectivity index (χ3v) is 4.86. The maximum atomic E-state index is 13.1. The van der Waals surface area contributed by atoms with Crippen LogP contribution in [0.15, 0.2) is 24.4 Å². The first kappa shape index (κ1) is 22.7. The number of amides is 2. The van der Waals surface area contributed by atoms with E-state index in [4.69, 9.17) is 5.26 Å². The van der Waals surface area contributed by atoms with Crippen LogP contribution >= 0.6 is 0 Å². The molecule has 2 amide bonds. The fraction of sp³-hybridized carbons (Fsp3) is 0.286. The highest BCUT2D eigenvalue weighted by molar-refractivity contribution is 5.99. The number of carbonyl (C=O) groups is 2. The number of fused-ring (bicyclic) bond motifs is 1. The van der Waals surface area contributed by atoms with Crippen molar-refractivity contribution >= 4 is 28.8 Å². The molecule has 0 aliphatic carbocycles. The van der Waals surface area contributed by atoms with Crippen LogP contribution in [0, 0.1) is 25.2 Å². The standard InChI is InChI=1S/C21H19F3N6O2/c1-11-16(12(2)30-20(27-11)14(9-25)10-26-30)5-7-19(32)29-18-8-15(21(22,23)24)4-6-17(18)28-13(3)31/h4,6,8,10H,5,7H2,1-3H3,(H,28,31)(H,29,32). The lowest BCUT2D eigenvalue weighted by atomic mass is 10.1. The summed E-state index contributed by atoms with van der Waals surface area (Å²) >= 11 is 0. The summed E-state index contributed by atoms with van der Waals surface area (Å²) < 4.78 is 40.7. The Bertz CT molecular complexity index is 1260. The number of hydrogen-bond donors (Lipinski definition) is 2. The van der Waals surface area contributed by atoms with E-state index in [9.17, 15) is 22.8 Å². The average Bonchev–Trinajstić information content (AvgIpc) is 3.10. The van der Waals surface area contributed by atoms with Crippen LogP contribution in [0.3, 0.4) is 0 Å². The van der Waals surface area contributed by atoms with Crippen LogP contribution < -0.4 is 10.6 Å². The van der Waals surface area contributed by atoms with Crippen LogP contribution in [-0.4, -0.2) is 26.4 Å². The third-order valence-electron chi connectivity index (χ3n) is 4.86. The van der Waals surface area contributed by atoms with Crippen LogP contribution in [0.2, 0.25) is 0 Å². The molecule has 0 fully saturated rings. The molecule has 1 aromatic carbocycles. The van der Waals surface area contributed by atoms with Crippen LogP contribution in [0.5, 0.6) is 0 Å². The molecule has 0 bridgehead atoms. The highest BCUT2D eigenvalue weighted by Gasteiger charge is 2.31. The molecule has 2 heterocycles. The first-order chi connectivity index (χ1) is 15.0. The molecule has 0 saturated heterocycles. The highest BCUT2D eigenvalue weighted by Crippen LogP contribution is 2.34. The maximum Gasteiger partial charge on any atom is 0.416 e. The second-order valence-electron chi connectivity index (χ2n) is 7.15. The van der Waals surface area contributed by atoms with Gasteiger partial charge in [0, 0.05) is 24.7 Å². The number of hydrogen-bond acceptors (Lipinski definition) is 5. The number of alkyl halides is 3. The van der Waals surface area contributed by atoms with Crippen LogP contribution in [0.25, 0.3) is 5.65 Å². The Balaban J connectivity index is 1.82. The Labute approximate surface area is 181 Å². The van der Waals surface area contributed by atoms with Gasteiger partial charge < -0.3 is 10.6 Å². The molecule has 3 rings (SSSR count). The van der Waals surface area contributed by atoms with Crippen molar-refractivity contribution in [3.05, 3.63) is 52.5 Å². The van der Waals surface area contributed by atoms with Crippen molar-refractivity contribution in [3.8, 4) is 6.07 Å². The van der Waals surface area contributed by atoms with Gasteiger partial charge in [-0.15, -0.1) is 0 Å². The number of rotatable bonds is 5. The smallest absolute Gasteiger partial charge is 0.325 e. The fourth-order valence-electron chi connectivity index (χ4n) is 3.33. The van der Waals surface area contributed by atoms with Crippen molar-refractivity contribution in [3.63, 3.8) is 0 Å². The first-order valence-corrected chi connectivity index (χ1v) is 9.54. The number of carbonyl (C=O) groups excluding carboxylic acids is 2. The summed E-state index contributed by atoms with van der Waals surface area (Å²) in [6.45, 7) is 4.74. The van der Waals surface area contributed by atoms with E-state index in [0.29, 0.717) is 22.6 Å². The van der Waals surface area contributed by atoms with Gasteiger partial charge in [-0.05, 0) is 44.0 Å². The summed E-state index contributed by atoms with van der Waals surface area (Å²) in [6, 6.07) is 4.71. The summed E-state index contributed by atoms with van der Waals surface area (Å²) in [4.78, 5) is 28.3. The molecule has 166 valence electrons. The number of anilines is 2. The average molecular weight is 444 g/mol. The second kappa shape index (κ2) is 8.66. The van der Waals surface area contributed by atoms with E-state index in [1.807, 2.05) is 6.07 Å². The topological polar surface area (TPSA) is 112 Å². The summed E-state index contributed by atoms with van der Waals surface area (Å²) in [5.74, 6) is -1.02. The number of nitrogens with zero attached hydrogens (tertiary/aromatic N) is 4. The molecule has 0 unspecified atom stereocenters. The van der Waals surface area contributed by atoms with Crippen molar-refractivity contribution < 1.29 is 22.8 Å². The van der Waals surface area contributed by atoms with Gasteiger partial charge >= 0.3 is 6.18 Å². The fourth-order valence-corrected chi connectivity index (χ4v) is 3.33. The molecule has 8 nitrogen and oxygen atoms in total. The first-order valence-electron chi connectivity index (χ1n) is 9.54. The number of benzene rings is 1. The number of aryl methyl sites for hydroxylation is 2. The summed E-state index contributed by atoms with van der Waals surface area (Å²) in [6.07, 6.45) is -2.99. The lowest BCUT2D eigenvalue weighted by molar-refractivity contribution is -0.137. The minimum absolute atomic E-state index is 0.0446. The predicted octanol–water partition coefficient (Wildman–Crippen LogP) is 3.77. The quantitative estimate of drug-likeness (QED) is 0.622. The van der Waals surface area contributed by atoms with E-state index in [1.165, 1.54) is 17.6 Å². The van der Waals surface area contributed by atoms with E-state index < -0.39 is 23.6 Å². The number of nitriles is 1. The van der Waals surface area contributed by atoms with Gasteiger partial charge in [0.05, 0.1) is 23.1 Å². The van der Waals surface area contributed by atoms with Crippen molar-refractivity contribution in [1.82, 2.24) is 14.6 Å². The molecule has 11 heteroatoms. The molecule has 32 heavy (non-hydrogen) atoms. The Kier molecular flexibility index (Phi) is 6.16. The van der Waals surface area contributed by atoms with Crippen molar-refractivity contribution in [1.29, 1.82) is 5.26 Å². The minimum Gasteiger partial charge on any atom is -0.325 e. The monoisotopic (exact) mass is 444 g/mol. The van der Waals surface area contributed by atoms with Crippen LogP contribution in [-0.2, 0) is 22.2 Å². The largest absolute Gasteiger partial charge is 0.416 e. The van der Waals surface area contributed by atoms with E-state index >= 15 is 0 Å². The lowest BCUT2D eigenvalue weighted by Crippen LogP contribution is -2.17. The Hall–Kier alpha value is -3.94. The van der Waals surface area contributed by atoms with Gasteiger partial charge in [-0.2, -0.15) is 23.5 Å². The Morgan fingerprint density at radius 2 is 1.91 bits per heavy atom. The zero-order valence-electron chi connectivity index (χ0n) is 17.5. The lowest BCUT2D eigenvalue weighted by Gasteiger charge is -2.15. The van der Waals surface area contributed by atoms with E-state index in [0.717, 1.165) is 23.8 Å². The van der Waals surface area contributed by atoms with E-state index in [1.54, 1.807) is 13.8 Å². The third kappa shape index (κ3) is 4.69. The number of nitrogens with one attached hydrogen (secondary N) is 2. The molecule has 2 N–H and O–H groups in total. The predicted molar refractivity (Wildman–Crippen MR) is 110 cm³/mol. The molecule has 0 aliphatic rings. The second-order valence-corrected chi connectivity index (χ2v) is 7.15.